The van der Waals surface area contributed by atoms with E-state index >= 15 is 0 Å². The van der Waals surface area contributed by atoms with Gasteiger partial charge in [-0.25, -0.2) is 0 Å². The lowest BCUT2D eigenvalue weighted by Gasteiger charge is -2.10. The van der Waals surface area contributed by atoms with E-state index in [9.17, 15) is 18.5 Å². The van der Waals surface area contributed by atoms with E-state index in [1.165, 1.54) is 24.3 Å². The summed E-state index contributed by atoms with van der Waals surface area (Å²) >= 11 is 3.29. The number of amides is 1. The minimum absolute atomic E-state index is 0.0340. The van der Waals surface area contributed by atoms with Gasteiger partial charge in [0.25, 0.3) is 5.91 Å². The third-order valence-electron chi connectivity index (χ3n) is 4.56. The van der Waals surface area contributed by atoms with Crippen LogP contribution in [0, 0.1) is 18.3 Å². The molecule has 34 heavy (non-hydrogen) atoms. The number of halogens is 1. The first kappa shape index (κ1) is 25.0. The molecule has 0 aliphatic carbocycles. The molecule has 1 N–H and O–H groups in total. The van der Waals surface area contributed by atoms with Crippen LogP contribution in [0.4, 0.5) is 5.69 Å². The maximum Gasteiger partial charge on any atom is 0.339 e. The van der Waals surface area contributed by atoms with E-state index in [2.05, 4.69) is 21.2 Å². The zero-order valence-electron chi connectivity index (χ0n) is 18.4. The summed E-state index contributed by atoms with van der Waals surface area (Å²) < 4.78 is 36.0. The molecule has 0 radical (unpaired) electrons. The summed E-state index contributed by atoms with van der Waals surface area (Å²) in [5.41, 5.74) is 1.82. The van der Waals surface area contributed by atoms with Crippen LogP contribution in [-0.2, 0) is 14.9 Å². The van der Waals surface area contributed by atoms with Crippen molar-refractivity contribution in [2.24, 2.45) is 0 Å². The average Bonchev–Trinajstić information content (AvgIpc) is 2.81. The molecular formula is C25H21BrN2O5S. The highest BCUT2D eigenvalue weighted by atomic mass is 79.9. The number of benzene rings is 3. The third-order valence-corrected chi connectivity index (χ3v) is 6.43. The Morgan fingerprint density at radius 2 is 1.76 bits per heavy atom. The van der Waals surface area contributed by atoms with Gasteiger partial charge >= 0.3 is 10.1 Å². The Kier molecular flexibility index (Phi) is 8.10. The number of carbonyl (C=O) groups is 1. The summed E-state index contributed by atoms with van der Waals surface area (Å²) in [6.45, 7) is 4.26. The van der Waals surface area contributed by atoms with Gasteiger partial charge in [-0.2, -0.15) is 13.7 Å². The van der Waals surface area contributed by atoms with Crippen LogP contribution in [0.1, 0.15) is 18.1 Å². The normalized spacial score (nSPS) is 11.4. The lowest BCUT2D eigenvalue weighted by Crippen LogP contribution is -2.13. The number of hydrogen-bond acceptors (Lipinski definition) is 6. The van der Waals surface area contributed by atoms with Gasteiger partial charge in [0.05, 0.1) is 11.1 Å². The van der Waals surface area contributed by atoms with E-state index in [1.807, 2.05) is 19.9 Å². The minimum Gasteiger partial charge on any atom is -0.494 e. The second-order valence-electron chi connectivity index (χ2n) is 7.12. The van der Waals surface area contributed by atoms with E-state index in [1.54, 1.807) is 48.5 Å². The van der Waals surface area contributed by atoms with Crippen molar-refractivity contribution in [1.29, 1.82) is 5.26 Å². The van der Waals surface area contributed by atoms with Gasteiger partial charge in [0.1, 0.15) is 22.3 Å². The van der Waals surface area contributed by atoms with Gasteiger partial charge < -0.3 is 14.2 Å². The first-order valence-corrected chi connectivity index (χ1v) is 12.4. The summed E-state index contributed by atoms with van der Waals surface area (Å²) in [4.78, 5) is 12.6. The third kappa shape index (κ3) is 6.47. The summed E-state index contributed by atoms with van der Waals surface area (Å²) in [5, 5.41) is 12.1. The summed E-state index contributed by atoms with van der Waals surface area (Å²) in [6, 6.07) is 19.5. The number of nitriles is 1. The molecule has 0 aliphatic heterocycles. The first-order chi connectivity index (χ1) is 16.2. The Balaban J connectivity index is 1.75. The monoisotopic (exact) mass is 540 g/mol. The molecule has 0 heterocycles. The molecule has 0 saturated heterocycles. The highest BCUT2D eigenvalue weighted by molar-refractivity contribution is 9.10. The van der Waals surface area contributed by atoms with E-state index in [0.29, 0.717) is 28.1 Å². The quantitative estimate of drug-likeness (QED) is 0.230. The van der Waals surface area contributed by atoms with Crippen LogP contribution in [0.5, 0.6) is 11.5 Å². The number of aryl methyl sites for hydroxylation is 1. The van der Waals surface area contributed by atoms with E-state index in [0.717, 1.165) is 5.56 Å². The van der Waals surface area contributed by atoms with Gasteiger partial charge in [-0.3, -0.25) is 4.79 Å². The molecule has 174 valence electrons. The number of nitrogens with one attached hydrogen (secondary N) is 1. The minimum atomic E-state index is -4.02. The molecule has 0 fully saturated rings. The Morgan fingerprint density at radius 3 is 2.35 bits per heavy atom. The number of ether oxygens (including phenoxy) is 1. The average molecular weight is 541 g/mol. The van der Waals surface area contributed by atoms with Gasteiger partial charge in [0.15, 0.2) is 5.75 Å². The fraction of sp³-hybridized carbons (Fsp3) is 0.120. The molecular weight excluding hydrogens is 520 g/mol. The molecule has 1 amide bonds. The molecule has 7 nitrogen and oxygen atoms in total. The molecule has 0 unspecified atom stereocenters. The molecule has 9 heteroatoms. The molecule has 3 rings (SSSR count). The zero-order chi connectivity index (χ0) is 24.7. The summed E-state index contributed by atoms with van der Waals surface area (Å²) in [7, 11) is -4.02. The van der Waals surface area contributed by atoms with Crippen LogP contribution in [-0.4, -0.2) is 20.9 Å². The van der Waals surface area contributed by atoms with E-state index in [-0.39, 0.29) is 16.2 Å². The fourth-order valence-corrected chi connectivity index (χ4v) is 4.39. The van der Waals surface area contributed by atoms with E-state index in [4.69, 9.17) is 8.92 Å². The van der Waals surface area contributed by atoms with Crippen molar-refractivity contribution >= 4 is 43.7 Å². The second kappa shape index (κ2) is 11.0. The maximum absolute atomic E-state index is 12.5. The largest absolute Gasteiger partial charge is 0.494 e. The van der Waals surface area contributed by atoms with Crippen LogP contribution >= 0.6 is 15.9 Å². The molecule has 0 aliphatic rings. The molecule has 0 saturated carbocycles. The van der Waals surface area contributed by atoms with Gasteiger partial charge in [-0.05, 0) is 89.9 Å². The van der Waals surface area contributed by atoms with Crippen molar-refractivity contribution in [2.45, 2.75) is 18.7 Å². The summed E-state index contributed by atoms with van der Waals surface area (Å²) in [6.07, 6.45) is 1.40. The number of anilines is 1. The van der Waals surface area contributed by atoms with Crippen LogP contribution in [0.3, 0.4) is 0 Å². The van der Waals surface area contributed by atoms with Crippen LogP contribution in [0.15, 0.2) is 81.7 Å². The highest BCUT2D eigenvalue weighted by Gasteiger charge is 2.18. The standard InChI is InChI=1S/C25H21BrN2O5S/c1-3-32-21-9-7-20(8-10-21)28-25(29)19(16-27)14-18-6-13-24(23(26)15-18)33-34(30,31)22-11-4-17(2)5-12-22/h4-15H,3H2,1-2H3,(H,28,29)/b19-14+. The molecule has 0 bridgehead atoms. The predicted octanol–water partition coefficient (Wildman–Crippen LogP) is 5.47. The Bertz CT molecular complexity index is 1360. The van der Waals surface area contributed by atoms with Crippen molar-refractivity contribution in [3.05, 3.63) is 87.9 Å². The Morgan fingerprint density at radius 1 is 1.09 bits per heavy atom. The van der Waals surface area contributed by atoms with Gasteiger partial charge in [-0.1, -0.05) is 23.8 Å². The SMILES string of the molecule is CCOc1ccc(NC(=O)/C(C#N)=C/c2ccc(OS(=O)(=O)c3ccc(C)cc3)c(Br)c2)cc1. The lowest BCUT2D eigenvalue weighted by atomic mass is 10.1. The summed E-state index contributed by atoms with van der Waals surface area (Å²) in [5.74, 6) is 0.174. The molecule has 0 aromatic heterocycles. The van der Waals surface area contributed by atoms with Crippen molar-refractivity contribution in [1.82, 2.24) is 0 Å². The van der Waals surface area contributed by atoms with Crippen molar-refractivity contribution in [3.8, 4) is 17.6 Å². The molecule has 0 spiro atoms. The number of hydrogen-bond donors (Lipinski definition) is 1. The van der Waals surface area contributed by atoms with E-state index < -0.39 is 16.0 Å². The van der Waals surface area contributed by atoms with Crippen molar-refractivity contribution in [2.75, 3.05) is 11.9 Å². The molecule has 0 atom stereocenters. The van der Waals surface area contributed by atoms with Crippen molar-refractivity contribution < 1.29 is 22.1 Å². The second-order valence-corrected chi connectivity index (χ2v) is 9.52. The zero-order valence-corrected chi connectivity index (χ0v) is 20.8. The van der Waals surface area contributed by atoms with Gasteiger partial charge in [0, 0.05) is 5.69 Å². The van der Waals surface area contributed by atoms with Gasteiger partial charge in [-0.15, -0.1) is 0 Å². The number of nitrogens with zero attached hydrogens (tertiary/aromatic N) is 1. The maximum atomic E-state index is 12.5. The van der Waals surface area contributed by atoms with Crippen LogP contribution < -0.4 is 14.2 Å². The molecule has 3 aromatic rings. The first-order valence-electron chi connectivity index (χ1n) is 10.2. The smallest absolute Gasteiger partial charge is 0.339 e. The van der Waals surface area contributed by atoms with Crippen LogP contribution in [0.25, 0.3) is 6.08 Å². The predicted molar refractivity (Wildman–Crippen MR) is 133 cm³/mol. The van der Waals surface area contributed by atoms with Crippen molar-refractivity contribution in [3.63, 3.8) is 0 Å². The lowest BCUT2D eigenvalue weighted by molar-refractivity contribution is -0.112. The van der Waals surface area contributed by atoms with Crippen LogP contribution in [0.2, 0.25) is 0 Å². The highest BCUT2D eigenvalue weighted by Crippen LogP contribution is 2.30. The Labute approximate surface area is 206 Å². The fourth-order valence-electron chi connectivity index (χ4n) is 2.86. The number of rotatable bonds is 8. The Hall–Kier alpha value is -3.61. The molecule has 3 aromatic carbocycles. The topological polar surface area (TPSA) is 105 Å². The van der Waals surface area contributed by atoms with Gasteiger partial charge in [0.2, 0.25) is 0 Å². The number of carbonyl (C=O) groups excluding carboxylic acids is 1.